The molecule has 3 nitrogen and oxygen atoms in total. The van der Waals surface area contributed by atoms with Crippen LogP contribution in [0.5, 0.6) is 0 Å². The maximum Gasteiger partial charge on any atom is 0.161 e. The van der Waals surface area contributed by atoms with Crippen molar-refractivity contribution in [2.45, 2.75) is 32.1 Å². The van der Waals surface area contributed by atoms with Gasteiger partial charge in [-0.3, -0.25) is 4.79 Å². The first-order valence-electron chi connectivity index (χ1n) is 5.44. The van der Waals surface area contributed by atoms with Crippen LogP contribution in [0.3, 0.4) is 0 Å². The van der Waals surface area contributed by atoms with Gasteiger partial charge in [0.2, 0.25) is 0 Å². The first-order chi connectivity index (χ1) is 6.84. The first kappa shape index (κ1) is 11.7. The molecule has 82 valence electrons. The smallest absolute Gasteiger partial charge is 0.161 e. The van der Waals surface area contributed by atoms with Crippen molar-refractivity contribution in [1.82, 2.24) is 0 Å². The number of ketones is 1. The van der Waals surface area contributed by atoms with Crippen molar-refractivity contribution in [3.05, 3.63) is 0 Å². The summed E-state index contributed by atoms with van der Waals surface area (Å²) >= 11 is 0. The fourth-order valence-corrected chi connectivity index (χ4v) is 1.86. The molecule has 0 bridgehead atoms. The molecule has 0 heterocycles. The summed E-state index contributed by atoms with van der Waals surface area (Å²) in [5.41, 5.74) is 0. The lowest BCUT2D eigenvalue weighted by atomic mass is 9.86. The largest absolute Gasteiger partial charge is 0.382 e. The van der Waals surface area contributed by atoms with Gasteiger partial charge in [0.15, 0.2) is 5.78 Å². The molecule has 0 aromatic rings. The predicted octanol–water partition coefficient (Wildman–Crippen LogP) is 1.80. The molecule has 1 fully saturated rings. The number of carbonyl (C=O) groups is 1. The predicted molar refractivity (Wildman–Crippen MR) is 54.3 cm³/mol. The zero-order valence-corrected chi connectivity index (χ0v) is 8.96. The minimum Gasteiger partial charge on any atom is -0.382 e. The standard InChI is InChI=1S/C11H20O3/c1-13-7-8-14-9-11(12)10-5-3-2-4-6-10/h10H,2-9H2,1H3. The quantitative estimate of drug-likeness (QED) is 0.613. The Morgan fingerprint density at radius 3 is 2.57 bits per heavy atom. The number of methoxy groups -OCH3 is 1. The highest BCUT2D eigenvalue weighted by molar-refractivity contribution is 5.82. The molecule has 3 heteroatoms. The van der Waals surface area contributed by atoms with E-state index in [-0.39, 0.29) is 18.3 Å². The van der Waals surface area contributed by atoms with Gasteiger partial charge >= 0.3 is 0 Å². The van der Waals surface area contributed by atoms with Crippen LogP contribution in [0.2, 0.25) is 0 Å². The Hall–Kier alpha value is -0.410. The second-order valence-electron chi connectivity index (χ2n) is 3.85. The average molecular weight is 200 g/mol. The highest BCUT2D eigenvalue weighted by Gasteiger charge is 2.20. The average Bonchev–Trinajstić information content (AvgIpc) is 2.25. The molecule has 1 saturated carbocycles. The molecule has 0 spiro atoms. The van der Waals surface area contributed by atoms with Gasteiger partial charge in [0.1, 0.15) is 6.61 Å². The molecular formula is C11H20O3. The van der Waals surface area contributed by atoms with E-state index in [0.717, 1.165) is 12.8 Å². The fraction of sp³-hybridized carbons (Fsp3) is 0.909. The summed E-state index contributed by atoms with van der Waals surface area (Å²) in [6.07, 6.45) is 5.82. The molecule has 1 aliphatic rings. The Bertz CT molecular complexity index is 162. The molecule has 0 atom stereocenters. The van der Waals surface area contributed by atoms with E-state index in [0.29, 0.717) is 13.2 Å². The van der Waals surface area contributed by atoms with Gasteiger partial charge in [0, 0.05) is 13.0 Å². The van der Waals surface area contributed by atoms with Crippen molar-refractivity contribution < 1.29 is 14.3 Å². The topological polar surface area (TPSA) is 35.5 Å². The molecule has 0 aliphatic heterocycles. The summed E-state index contributed by atoms with van der Waals surface area (Å²) in [5.74, 6) is 0.548. The van der Waals surface area contributed by atoms with Crippen molar-refractivity contribution in [2.24, 2.45) is 5.92 Å². The van der Waals surface area contributed by atoms with Gasteiger partial charge in [-0.2, -0.15) is 0 Å². The monoisotopic (exact) mass is 200 g/mol. The summed E-state index contributed by atoms with van der Waals surface area (Å²) in [4.78, 5) is 11.6. The fourth-order valence-electron chi connectivity index (χ4n) is 1.86. The van der Waals surface area contributed by atoms with Gasteiger partial charge in [0.25, 0.3) is 0 Å². The molecule has 0 saturated heterocycles. The van der Waals surface area contributed by atoms with Crippen molar-refractivity contribution >= 4 is 5.78 Å². The Morgan fingerprint density at radius 1 is 1.21 bits per heavy atom. The molecule has 14 heavy (non-hydrogen) atoms. The van der Waals surface area contributed by atoms with Crippen molar-refractivity contribution in [2.75, 3.05) is 26.9 Å². The van der Waals surface area contributed by atoms with Crippen LogP contribution in [0, 0.1) is 5.92 Å². The van der Waals surface area contributed by atoms with E-state index in [4.69, 9.17) is 9.47 Å². The van der Waals surface area contributed by atoms with Crippen LogP contribution >= 0.6 is 0 Å². The normalized spacial score (nSPS) is 18.4. The van der Waals surface area contributed by atoms with E-state index in [1.165, 1.54) is 19.3 Å². The van der Waals surface area contributed by atoms with E-state index in [1.807, 2.05) is 0 Å². The maximum absolute atomic E-state index is 11.6. The summed E-state index contributed by atoms with van der Waals surface area (Å²) in [6, 6.07) is 0. The SMILES string of the molecule is COCCOCC(=O)C1CCCCC1. The van der Waals surface area contributed by atoms with Gasteiger partial charge in [-0.25, -0.2) is 0 Å². The zero-order chi connectivity index (χ0) is 10.2. The molecule has 0 N–H and O–H groups in total. The summed E-state index contributed by atoms with van der Waals surface area (Å²) in [6.45, 7) is 1.36. The van der Waals surface area contributed by atoms with Crippen molar-refractivity contribution in [3.63, 3.8) is 0 Å². The first-order valence-corrected chi connectivity index (χ1v) is 5.44. The van der Waals surface area contributed by atoms with Crippen molar-refractivity contribution in [1.29, 1.82) is 0 Å². The van der Waals surface area contributed by atoms with E-state index in [1.54, 1.807) is 7.11 Å². The van der Waals surface area contributed by atoms with Crippen LogP contribution in [0.1, 0.15) is 32.1 Å². The number of rotatable bonds is 6. The lowest BCUT2D eigenvalue weighted by Crippen LogP contribution is -2.23. The molecule has 1 rings (SSSR count). The van der Waals surface area contributed by atoms with Crippen LogP contribution in [0.15, 0.2) is 0 Å². The van der Waals surface area contributed by atoms with Gasteiger partial charge in [0.05, 0.1) is 13.2 Å². The van der Waals surface area contributed by atoms with Crippen LogP contribution in [0.25, 0.3) is 0 Å². The number of hydrogen-bond donors (Lipinski definition) is 0. The Kier molecular flexibility index (Phi) is 5.80. The third-order valence-corrected chi connectivity index (χ3v) is 2.74. The summed E-state index contributed by atoms with van der Waals surface area (Å²) in [5, 5.41) is 0. The van der Waals surface area contributed by atoms with Gasteiger partial charge in [-0.1, -0.05) is 19.3 Å². The highest BCUT2D eigenvalue weighted by Crippen LogP contribution is 2.24. The number of hydrogen-bond acceptors (Lipinski definition) is 3. The lowest BCUT2D eigenvalue weighted by Gasteiger charge is -2.19. The second kappa shape index (κ2) is 6.96. The second-order valence-corrected chi connectivity index (χ2v) is 3.85. The number of carbonyl (C=O) groups excluding carboxylic acids is 1. The Balaban J connectivity index is 2.07. The highest BCUT2D eigenvalue weighted by atomic mass is 16.5. The molecule has 0 unspecified atom stereocenters. The van der Waals surface area contributed by atoms with Gasteiger partial charge in [-0.15, -0.1) is 0 Å². The van der Waals surface area contributed by atoms with Gasteiger partial charge < -0.3 is 9.47 Å². The van der Waals surface area contributed by atoms with E-state index < -0.39 is 0 Å². The maximum atomic E-state index is 11.6. The minimum absolute atomic E-state index is 0.270. The molecule has 1 aliphatic carbocycles. The molecule has 0 aromatic heterocycles. The summed E-state index contributed by atoms with van der Waals surface area (Å²) < 4.78 is 10.0. The summed E-state index contributed by atoms with van der Waals surface area (Å²) in [7, 11) is 1.63. The molecule has 0 aromatic carbocycles. The Labute approximate surface area is 85.8 Å². The Morgan fingerprint density at radius 2 is 1.93 bits per heavy atom. The number of ether oxygens (including phenoxy) is 2. The van der Waals surface area contributed by atoms with Crippen LogP contribution in [-0.2, 0) is 14.3 Å². The molecule has 0 radical (unpaired) electrons. The van der Waals surface area contributed by atoms with Crippen molar-refractivity contribution in [3.8, 4) is 0 Å². The minimum atomic E-state index is 0.270. The van der Waals surface area contributed by atoms with E-state index >= 15 is 0 Å². The number of Topliss-reactive ketones (excluding diaryl/α,β-unsaturated/α-hetero) is 1. The van der Waals surface area contributed by atoms with E-state index in [9.17, 15) is 4.79 Å². The van der Waals surface area contributed by atoms with Crippen LogP contribution in [-0.4, -0.2) is 32.7 Å². The van der Waals surface area contributed by atoms with Gasteiger partial charge in [-0.05, 0) is 12.8 Å². The van der Waals surface area contributed by atoms with Crippen LogP contribution in [0.4, 0.5) is 0 Å². The van der Waals surface area contributed by atoms with E-state index in [2.05, 4.69) is 0 Å². The zero-order valence-electron chi connectivity index (χ0n) is 8.96. The third kappa shape index (κ3) is 4.20. The lowest BCUT2D eigenvalue weighted by molar-refractivity contribution is -0.128. The van der Waals surface area contributed by atoms with Crippen LogP contribution < -0.4 is 0 Å². The molecular weight excluding hydrogens is 180 g/mol. The third-order valence-electron chi connectivity index (χ3n) is 2.74. The molecule has 0 amide bonds.